The minimum Gasteiger partial charge on any atom is -0.497 e. The average molecular weight is 308 g/mol. The van der Waals surface area contributed by atoms with E-state index in [1.165, 1.54) is 7.11 Å². The lowest BCUT2D eigenvalue weighted by molar-refractivity contribution is 0.415. The Labute approximate surface area is 130 Å². The number of H-pyrrole nitrogens is 1. The molecule has 3 aromatic rings. The van der Waals surface area contributed by atoms with Gasteiger partial charge in [-0.3, -0.25) is 9.78 Å². The summed E-state index contributed by atoms with van der Waals surface area (Å²) in [6, 6.07) is 8.94. The largest absolute Gasteiger partial charge is 0.497 e. The summed E-state index contributed by atoms with van der Waals surface area (Å²) < 4.78 is 5.19. The summed E-state index contributed by atoms with van der Waals surface area (Å²) in [6.45, 7) is 0. The van der Waals surface area contributed by atoms with Gasteiger partial charge in [0.05, 0.1) is 12.5 Å². The number of nitrogens with one attached hydrogen (secondary N) is 1. The Hall–Kier alpha value is -3.60. The predicted molar refractivity (Wildman–Crippen MR) is 85.7 cm³/mol. The lowest BCUT2D eigenvalue weighted by Crippen LogP contribution is -2.15. The molecule has 0 aliphatic rings. The number of nitrogens with two attached hydrogens (primary N) is 2. The Morgan fingerprint density at radius 2 is 2.09 bits per heavy atom. The van der Waals surface area contributed by atoms with E-state index in [4.69, 9.17) is 16.2 Å². The molecule has 0 unspecified atom stereocenters. The third-order valence-corrected chi connectivity index (χ3v) is 3.37. The van der Waals surface area contributed by atoms with Crippen LogP contribution in [0.1, 0.15) is 5.56 Å². The molecule has 0 saturated heterocycles. The van der Waals surface area contributed by atoms with Crippen molar-refractivity contribution < 1.29 is 4.74 Å². The van der Waals surface area contributed by atoms with Crippen LogP contribution in [0.15, 0.2) is 29.1 Å². The molecule has 2 heterocycles. The third kappa shape index (κ3) is 2.30. The van der Waals surface area contributed by atoms with Crippen molar-refractivity contribution in [1.82, 2.24) is 15.0 Å². The van der Waals surface area contributed by atoms with Gasteiger partial charge < -0.3 is 16.2 Å². The van der Waals surface area contributed by atoms with Crippen molar-refractivity contribution in [2.24, 2.45) is 0 Å². The van der Waals surface area contributed by atoms with Gasteiger partial charge in [0.15, 0.2) is 5.65 Å². The van der Waals surface area contributed by atoms with Gasteiger partial charge in [0.2, 0.25) is 5.95 Å². The summed E-state index contributed by atoms with van der Waals surface area (Å²) in [7, 11) is 1.53. The number of hydrogen-bond acceptors (Lipinski definition) is 7. The van der Waals surface area contributed by atoms with E-state index >= 15 is 0 Å². The first-order chi connectivity index (χ1) is 11.0. The molecule has 5 N–H and O–H groups in total. The molecule has 0 radical (unpaired) electrons. The number of pyridine rings is 1. The zero-order valence-electron chi connectivity index (χ0n) is 12.1. The summed E-state index contributed by atoms with van der Waals surface area (Å²) in [5.74, 6) is 0.487. The second-order valence-corrected chi connectivity index (χ2v) is 4.74. The van der Waals surface area contributed by atoms with Gasteiger partial charge in [-0.05, 0) is 17.7 Å². The van der Waals surface area contributed by atoms with Crippen molar-refractivity contribution in [3.63, 3.8) is 0 Å². The summed E-state index contributed by atoms with van der Waals surface area (Å²) in [6.07, 6.45) is 0. The zero-order valence-corrected chi connectivity index (χ0v) is 12.1. The van der Waals surface area contributed by atoms with Gasteiger partial charge in [-0.2, -0.15) is 10.2 Å². The topological polar surface area (TPSA) is 144 Å². The predicted octanol–water partition coefficient (Wildman–Crippen LogP) is 1.03. The third-order valence-electron chi connectivity index (χ3n) is 3.37. The van der Waals surface area contributed by atoms with Crippen LogP contribution in [0, 0.1) is 11.3 Å². The molecule has 0 bridgehead atoms. The van der Waals surface area contributed by atoms with Gasteiger partial charge in [0.25, 0.3) is 5.56 Å². The first kappa shape index (κ1) is 14.3. The number of ether oxygens (including phenoxy) is 1. The molecule has 0 amide bonds. The second kappa shape index (κ2) is 5.31. The van der Waals surface area contributed by atoms with Gasteiger partial charge in [-0.15, -0.1) is 0 Å². The quantitative estimate of drug-likeness (QED) is 0.641. The highest BCUT2D eigenvalue weighted by molar-refractivity contribution is 5.98. The van der Waals surface area contributed by atoms with Crippen LogP contribution >= 0.6 is 0 Å². The maximum Gasteiger partial charge on any atom is 0.262 e. The molecule has 8 heteroatoms. The van der Waals surface area contributed by atoms with E-state index in [0.29, 0.717) is 16.9 Å². The van der Waals surface area contributed by atoms with E-state index in [2.05, 4.69) is 15.0 Å². The van der Waals surface area contributed by atoms with Gasteiger partial charge in [-0.25, -0.2) is 4.98 Å². The SMILES string of the molecule is COc1cccc(-c2c(C#N)c(N)nc3nc(N)[nH]c(=O)c23)c1. The van der Waals surface area contributed by atoms with Crippen LogP contribution in [0.2, 0.25) is 0 Å². The van der Waals surface area contributed by atoms with Crippen molar-refractivity contribution in [3.05, 3.63) is 40.2 Å². The number of hydrogen-bond donors (Lipinski definition) is 3. The standard InChI is InChI=1S/C15H12N6O2/c1-23-8-4-2-3-7(5-8)10-9(6-16)12(17)19-13-11(10)14(22)21-15(18)20-13/h2-5H,1H3,(H5,17,18,19,20,21,22). The smallest absolute Gasteiger partial charge is 0.262 e. The number of aromatic nitrogens is 3. The molecule has 0 aliphatic heterocycles. The normalized spacial score (nSPS) is 10.4. The number of anilines is 2. The number of methoxy groups -OCH3 is 1. The van der Waals surface area contributed by atoms with Crippen LogP contribution in [0.25, 0.3) is 22.2 Å². The zero-order chi connectivity index (χ0) is 16.6. The molecule has 3 rings (SSSR count). The van der Waals surface area contributed by atoms with Gasteiger partial charge in [-0.1, -0.05) is 12.1 Å². The Kier molecular flexibility index (Phi) is 3.31. The molecule has 114 valence electrons. The lowest BCUT2D eigenvalue weighted by atomic mass is 9.98. The molecular weight excluding hydrogens is 296 g/mol. The Morgan fingerprint density at radius 1 is 1.30 bits per heavy atom. The number of nitrogens with zero attached hydrogens (tertiary/aromatic N) is 3. The average Bonchev–Trinajstić information content (AvgIpc) is 2.53. The number of benzene rings is 1. The summed E-state index contributed by atoms with van der Waals surface area (Å²) in [5, 5.41) is 9.58. The van der Waals surface area contributed by atoms with E-state index in [0.717, 1.165) is 0 Å². The van der Waals surface area contributed by atoms with E-state index in [1.807, 2.05) is 6.07 Å². The molecule has 23 heavy (non-hydrogen) atoms. The summed E-state index contributed by atoms with van der Waals surface area (Å²) >= 11 is 0. The number of fused-ring (bicyclic) bond motifs is 1. The van der Waals surface area contributed by atoms with Crippen LogP contribution in [0.5, 0.6) is 5.75 Å². The lowest BCUT2D eigenvalue weighted by Gasteiger charge is -2.11. The fraction of sp³-hybridized carbons (Fsp3) is 0.0667. The maximum atomic E-state index is 12.3. The molecule has 0 spiro atoms. The van der Waals surface area contributed by atoms with E-state index in [1.54, 1.807) is 24.3 Å². The minimum absolute atomic E-state index is 0.0182. The van der Waals surface area contributed by atoms with E-state index in [9.17, 15) is 10.1 Å². The number of aromatic amines is 1. The fourth-order valence-corrected chi connectivity index (χ4v) is 2.39. The van der Waals surface area contributed by atoms with E-state index < -0.39 is 5.56 Å². The van der Waals surface area contributed by atoms with Crippen molar-refractivity contribution in [2.45, 2.75) is 0 Å². The van der Waals surface area contributed by atoms with E-state index in [-0.39, 0.29) is 28.4 Å². The number of nitriles is 1. The highest BCUT2D eigenvalue weighted by atomic mass is 16.5. The monoisotopic (exact) mass is 308 g/mol. The molecule has 0 atom stereocenters. The Bertz CT molecular complexity index is 1020. The van der Waals surface area contributed by atoms with Crippen molar-refractivity contribution >= 4 is 22.8 Å². The number of rotatable bonds is 2. The van der Waals surface area contributed by atoms with Crippen molar-refractivity contribution in [1.29, 1.82) is 5.26 Å². The highest BCUT2D eigenvalue weighted by Crippen LogP contribution is 2.33. The van der Waals surface area contributed by atoms with Gasteiger partial charge in [0.1, 0.15) is 23.2 Å². The first-order valence-corrected chi connectivity index (χ1v) is 6.58. The molecule has 0 saturated carbocycles. The minimum atomic E-state index is -0.491. The van der Waals surface area contributed by atoms with Crippen molar-refractivity contribution in [2.75, 3.05) is 18.6 Å². The summed E-state index contributed by atoms with van der Waals surface area (Å²) in [5.41, 5.74) is 12.0. The highest BCUT2D eigenvalue weighted by Gasteiger charge is 2.19. The second-order valence-electron chi connectivity index (χ2n) is 4.74. The molecule has 2 aromatic heterocycles. The van der Waals surface area contributed by atoms with Crippen molar-refractivity contribution in [3.8, 4) is 22.9 Å². The number of nitrogen functional groups attached to an aromatic ring is 2. The maximum absolute atomic E-state index is 12.3. The van der Waals surface area contributed by atoms with Crippen LogP contribution < -0.4 is 21.8 Å². The fourth-order valence-electron chi connectivity index (χ4n) is 2.39. The molecule has 0 fully saturated rings. The first-order valence-electron chi connectivity index (χ1n) is 6.58. The molecule has 1 aromatic carbocycles. The molecular formula is C15H12N6O2. The van der Waals surface area contributed by atoms with Crippen LogP contribution in [0.3, 0.4) is 0 Å². The van der Waals surface area contributed by atoms with Gasteiger partial charge in [0, 0.05) is 5.56 Å². The molecule has 8 nitrogen and oxygen atoms in total. The Balaban J connectivity index is 2.51. The van der Waals surface area contributed by atoms with Gasteiger partial charge >= 0.3 is 0 Å². The summed E-state index contributed by atoms with van der Waals surface area (Å²) in [4.78, 5) is 22.7. The Morgan fingerprint density at radius 3 is 2.78 bits per heavy atom. The molecule has 0 aliphatic carbocycles. The van der Waals surface area contributed by atoms with Crippen LogP contribution in [-0.2, 0) is 0 Å². The van der Waals surface area contributed by atoms with Crippen LogP contribution in [0.4, 0.5) is 11.8 Å². The van der Waals surface area contributed by atoms with Crippen LogP contribution in [-0.4, -0.2) is 22.1 Å².